The molecule has 8 nitrogen and oxygen atoms in total. The Hall–Kier alpha value is -3.36. The maximum atomic E-state index is 12.0. The molecule has 1 heterocycles. The highest BCUT2D eigenvalue weighted by molar-refractivity contribution is 6.33. The third-order valence-electron chi connectivity index (χ3n) is 3.78. The van der Waals surface area contributed by atoms with Crippen molar-refractivity contribution >= 4 is 59.0 Å². The van der Waals surface area contributed by atoms with Crippen LogP contribution in [0.5, 0.6) is 0 Å². The fraction of sp³-hybridized carbons (Fsp3) is 0.0526. The van der Waals surface area contributed by atoms with Crippen LogP contribution in [-0.2, 0) is 0 Å². The van der Waals surface area contributed by atoms with Crippen molar-refractivity contribution in [2.75, 3.05) is 17.7 Å². The van der Waals surface area contributed by atoms with E-state index < -0.39 is 5.97 Å². The maximum absolute atomic E-state index is 12.0. The molecule has 0 aliphatic rings. The van der Waals surface area contributed by atoms with Gasteiger partial charge in [-0.3, -0.25) is 4.79 Å². The average Bonchev–Trinajstić information content (AvgIpc) is 2.70. The first kappa shape index (κ1) is 21.9. The van der Waals surface area contributed by atoms with Crippen molar-refractivity contribution in [3.63, 3.8) is 0 Å². The zero-order valence-corrected chi connectivity index (χ0v) is 16.7. The first-order chi connectivity index (χ1) is 13.5. The van der Waals surface area contributed by atoms with Gasteiger partial charge in [0.15, 0.2) is 5.82 Å². The smallest absolute Gasteiger partial charge is 0.335 e. The first-order valence-corrected chi connectivity index (χ1v) is 8.57. The zero-order chi connectivity index (χ0) is 20.1. The molecule has 1 amide bonds. The number of aromatic nitrogens is 2. The van der Waals surface area contributed by atoms with E-state index in [4.69, 9.17) is 16.7 Å². The molecule has 0 aliphatic carbocycles. The molecule has 4 N–H and O–H groups in total. The molecule has 0 saturated carbocycles. The lowest BCUT2D eigenvalue weighted by Crippen LogP contribution is -2.19. The van der Waals surface area contributed by atoms with E-state index in [-0.39, 0.29) is 34.8 Å². The fourth-order valence-corrected chi connectivity index (χ4v) is 2.53. The number of rotatable bonds is 6. The van der Waals surface area contributed by atoms with Gasteiger partial charge in [0.1, 0.15) is 5.02 Å². The molecule has 3 aromatic rings. The number of nitrogens with zero attached hydrogens (tertiary/aromatic N) is 2. The number of hydrogen-bond acceptors (Lipinski definition) is 6. The molecule has 0 saturated heterocycles. The van der Waals surface area contributed by atoms with Gasteiger partial charge >= 0.3 is 5.97 Å². The lowest BCUT2D eigenvalue weighted by Gasteiger charge is -2.13. The van der Waals surface area contributed by atoms with Gasteiger partial charge in [-0.05, 0) is 36.4 Å². The minimum absolute atomic E-state index is 0. The SMILES string of the molecule is CNC(=O)c1ccccc1Nc1nc(Nc2ccc(C(=O)O)cc2)ncc1Cl.Cl. The van der Waals surface area contributed by atoms with E-state index in [0.29, 0.717) is 22.8 Å². The number of carbonyl (C=O) groups excluding carboxylic acids is 1. The molecule has 0 aliphatic heterocycles. The minimum Gasteiger partial charge on any atom is -0.478 e. The number of para-hydroxylation sites is 1. The van der Waals surface area contributed by atoms with Crippen molar-refractivity contribution < 1.29 is 14.7 Å². The van der Waals surface area contributed by atoms with E-state index in [0.717, 1.165) is 0 Å². The van der Waals surface area contributed by atoms with Crippen LogP contribution in [0.2, 0.25) is 5.02 Å². The molecule has 29 heavy (non-hydrogen) atoms. The Labute approximate surface area is 177 Å². The van der Waals surface area contributed by atoms with Crippen LogP contribution in [0.15, 0.2) is 54.7 Å². The second-order valence-electron chi connectivity index (χ2n) is 5.65. The van der Waals surface area contributed by atoms with Crippen LogP contribution in [0, 0.1) is 0 Å². The molecule has 3 rings (SSSR count). The summed E-state index contributed by atoms with van der Waals surface area (Å²) in [7, 11) is 1.55. The highest BCUT2D eigenvalue weighted by Gasteiger charge is 2.12. The third-order valence-corrected chi connectivity index (χ3v) is 4.06. The van der Waals surface area contributed by atoms with E-state index in [1.807, 2.05) is 0 Å². The lowest BCUT2D eigenvalue weighted by atomic mass is 10.1. The number of carboxylic acid groups (broad SMARTS) is 1. The Balaban J connectivity index is 0.00000300. The largest absolute Gasteiger partial charge is 0.478 e. The highest BCUT2D eigenvalue weighted by Crippen LogP contribution is 2.26. The molecule has 10 heteroatoms. The molecule has 0 atom stereocenters. The Kier molecular flexibility index (Phi) is 7.35. The molecule has 0 bridgehead atoms. The van der Waals surface area contributed by atoms with Crippen molar-refractivity contribution in [3.8, 4) is 0 Å². The molecular weight excluding hydrogens is 417 g/mol. The van der Waals surface area contributed by atoms with Gasteiger partial charge in [-0.25, -0.2) is 9.78 Å². The van der Waals surface area contributed by atoms with Crippen LogP contribution in [0.3, 0.4) is 0 Å². The predicted octanol–water partition coefficient (Wildman–Crippen LogP) is 4.10. The normalized spacial score (nSPS) is 9.86. The number of halogens is 2. The number of benzene rings is 2. The summed E-state index contributed by atoms with van der Waals surface area (Å²) in [6, 6.07) is 13.1. The van der Waals surface area contributed by atoms with Crippen molar-refractivity contribution in [3.05, 3.63) is 70.9 Å². The molecule has 0 unspecified atom stereocenters. The molecule has 0 spiro atoms. The summed E-state index contributed by atoms with van der Waals surface area (Å²) in [6.07, 6.45) is 1.42. The summed E-state index contributed by atoms with van der Waals surface area (Å²) in [4.78, 5) is 31.4. The Morgan fingerprint density at radius 3 is 2.38 bits per heavy atom. The second-order valence-corrected chi connectivity index (χ2v) is 6.05. The van der Waals surface area contributed by atoms with Crippen molar-refractivity contribution in [1.29, 1.82) is 0 Å². The van der Waals surface area contributed by atoms with E-state index in [2.05, 4.69) is 25.9 Å². The molecule has 0 fully saturated rings. The topological polar surface area (TPSA) is 116 Å². The summed E-state index contributed by atoms with van der Waals surface area (Å²) in [5, 5.41) is 17.8. The summed E-state index contributed by atoms with van der Waals surface area (Å²) < 4.78 is 0. The van der Waals surface area contributed by atoms with Gasteiger partial charge in [-0.2, -0.15) is 4.98 Å². The third kappa shape index (κ3) is 5.34. The number of nitrogens with one attached hydrogen (secondary N) is 3. The highest BCUT2D eigenvalue weighted by atomic mass is 35.5. The molecule has 0 radical (unpaired) electrons. The number of anilines is 4. The van der Waals surface area contributed by atoms with E-state index in [9.17, 15) is 9.59 Å². The summed E-state index contributed by atoms with van der Waals surface area (Å²) in [5.41, 5.74) is 1.78. The van der Waals surface area contributed by atoms with Crippen molar-refractivity contribution in [2.24, 2.45) is 0 Å². The van der Waals surface area contributed by atoms with Gasteiger partial charge in [0.05, 0.1) is 23.0 Å². The quantitative estimate of drug-likeness (QED) is 0.462. The van der Waals surface area contributed by atoms with Crippen LogP contribution < -0.4 is 16.0 Å². The van der Waals surface area contributed by atoms with Gasteiger partial charge in [0, 0.05) is 12.7 Å². The van der Waals surface area contributed by atoms with Gasteiger partial charge in [-0.1, -0.05) is 23.7 Å². The van der Waals surface area contributed by atoms with Gasteiger partial charge < -0.3 is 21.1 Å². The standard InChI is InChI=1S/C19H16ClN5O3.ClH/c1-21-17(26)13-4-2-3-5-15(13)24-16-14(20)10-22-19(25-16)23-12-8-6-11(7-9-12)18(27)28;/h2-10H,1H3,(H,21,26)(H,27,28)(H2,22,23,24,25);1H. The van der Waals surface area contributed by atoms with Gasteiger partial charge in [-0.15, -0.1) is 12.4 Å². The number of aromatic carboxylic acids is 1. The fourth-order valence-electron chi connectivity index (χ4n) is 2.39. The molecular formula is C19H17Cl2N5O3. The predicted molar refractivity (Wildman–Crippen MR) is 114 cm³/mol. The van der Waals surface area contributed by atoms with Crippen LogP contribution >= 0.6 is 24.0 Å². The first-order valence-electron chi connectivity index (χ1n) is 8.19. The Bertz CT molecular complexity index is 1030. The maximum Gasteiger partial charge on any atom is 0.335 e. The van der Waals surface area contributed by atoms with Crippen LogP contribution in [0.4, 0.5) is 23.1 Å². The van der Waals surface area contributed by atoms with E-state index >= 15 is 0 Å². The molecule has 2 aromatic carbocycles. The van der Waals surface area contributed by atoms with E-state index in [1.165, 1.54) is 18.3 Å². The van der Waals surface area contributed by atoms with Gasteiger partial charge in [0.2, 0.25) is 5.95 Å². The Morgan fingerprint density at radius 1 is 1.03 bits per heavy atom. The van der Waals surface area contributed by atoms with Gasteiger partial charge in [0.25, 0.3) is 5.91 Å². The van der Waals surface area contributed by atoms with E-state index in [1.54, 1.807) is 43.4 Å². The second kappa shape index (κ2) is 9.72. The monoisotopic (exact) mass is 433 g/mol. The zero-order valence-electron chi connectivity index (χ0n) is 15.1. The summed E-state index contributed by atoms with van der Waals surface area (Å²) in [5.74, 6) is -0.675. The lowest BCUT2D eigenvalue weighted by molar-refractivity contribution is 0.0696. The van der Waals surface area contributed by atoms with Crippen molar-refractivity contribution in [2.45, 2.75) is 0 Å². The number of carbonyl (C=O) groups is 2. The minimum atomic E-state index is -1.00. The summed E-state index contributed by atoms with van der Waals surface area (Å²) in [6.45, 7) is 0. The van der Waals surface area contributed by atoms with Crippen molar-refractivity contribution in [1.82, 2.24) is 15.3 Å². The van der Waals surface area contributed by atoms with Crippen LogP contribution in [0.25, 0.3) is 0 Å². The number of carboxylic acids is 1. The van der Waals surface area contributed by atoms with Crippen LogP contribution in [0.1, 0.15) is 20.7 Å². The Morgan fingerprint density at radius 2 is 1.72 bits per heavy atom. The molecule has 1 aromatic heterocycles. The van der Waals surface area contributed by atoms with Crippen LogP contribution in [-0.4, -0.2) is 34.0 Å². The average molecular weight is 434 g/mol. The summed E-state index contributed by atoms with van der Waals surface area (Å²) >= 11 is 6.19. The number of amides is 1. The molecule has 150 valence electrons. The number of hydrogen-bond donors (Lipinski definition) is 4.